The smallest absolute Gasteiger partial charge is 0.244 e. The van der Waals surface area contributed by atoms with E-state index in [1.807, 2.05) is 55.5 Å². The van der Waals surface area contributed by atoms with E-state index in [-0.39, 0.29) is 5.91 Å². The highest BCUT2D eigenvalue weighted by atomic mass is 16.1. The summed E-state index contributed by atoms with van der Waals surface area (Å²) >= 11 is 0. The van der Waals surface area contributed by atoms with Gasteiger partial charge in [0, 0.05) is 6.08 Å². The highest BCUT2D eigenvalue weighted by Crippen LogP contribution is 2.10. The van der Waals surface area contributed by atoms with E-state index < -0.39 is 0 Å². The molecule has 3 aromatic rings. The van der Waals surface area contributed by atoms with E-state index in [1.54, 1.807) is 6.08 Å². The van der Waals surface area contributed by atoms with Crippen LogP contribution in [0.15, 0.2) is 54.6 Å². The number of rotatable bonds is 4. The molecule has 3 rings (SSSR count). The van der Waals surface area contributed by atoms with Crippen LogP contribution in [0.5, 0.6) is 0 Å². The standard InChI is InChI=1S/C18H17N3O/c1-13-5-4-6-14(11-13)9-10-18(22)19-12-17-20-15-7-2-3-8-16(15)21-17/h2-11H,12H2,1H3,(H,19,22)(H,20,21). The number of imidazole rings is 1. The number of benzene rings is 2. The average molecular weight is 291 g/mol. The zero-order chi connectivity index (χ0) is 15.4. The van der Waals surface area contributed by atoms with Crippen molar-refractivity contribution in [3.8, 4) is 0 Å². The number of amides is 1. The van der Waals surface area contributed by atoms with Crippen LogP contribution in [0.2, 0.25) is 0 Å². The first-order valence-electron chi connectivity index (χ1n) is 7.17. The van der Waals surface area contributed by atoms with Crippen LogP contribution < -0.4 is 5.32 Å². The van der Waals surface area contributed by atoms with Gasteiger partial charge in [0.1, 0.15) is 5.82 Å². The predicted octanol–water partition coefficient (Wildman–Crippen LogP) is 3.20. The van der Waals surface area contributed by atoms with E-state index in [1.165, 1.54) is 11.6 Å². The quantitative estimate of drug-likeness (QED) is 0.725. The topological polar surface area (TPSA) is 57.8 Å². The molecular formula is C18H17N3O. The van der Waals surface area contributed by atoms with Crippen molar-refractivity contribution in [1.82, 2.24) is 15.3 Å². The summed E-state index contributed by atoms with van der Waals surface area (Å²) in [5.41, 5.74) is 4.06. The van der Waals surface area contributed by atoms with E-state index in [9.17, 15) is 4.79 Å². The third-order valence-electron chi connectivity index (χ3n) is 3.34. The van der Waals surface area contributed by atoms with Crippen LogP contribution in [0.3, 0.4) is 0 Å². The monoisotopic (exact) mass is 291 g/mol. The summed E-state index contributed by atoms with van der Waals surface area (Å²) in [6.07, 6.45) is 3.35. The largest absolute Gasteiger partial charge is 0.345 e. The van der Waals surface area contributed by atoms with Crippen LogP contribution in [0, 0.1) is 6.92 Å². The van der Waals surface area contributed by atoms with Crippen molar-refractivity contribution < 1.29 is 4.79 Å². The average Bonchev–Trinajstić information content (AvgIpc) is 2.94. The number of hydrogen-bond acceptors (Lipinski definition) is 2. The Labute approximate surface area is 128 Å². The second-order valence-electron chi connectivity index (χ2n) is 5.17. The van der Waals surface area contributed by atoms with Gasteiger partial charge in [-0.15, -0.1) is 0 Å². The van der Waals surface area contributed by atoms with Gasteiger partial charge in [0.25, 0.3) is 0 Å². The number of carbonyl (C=O) groups excluding carboxylic acids is 1. The van der Waals surface area contributed by atoms with Gasteiger partial charge in [0.2, 0.25) is 5.91 Å². The molecule has 2 aromatic carbocycles. The second-order valence-corrected chi connectivity index (χ2v) is 5.17. The van der Waals surface area contributed by atoms with Crippen LogP contribution in [0.1, 0.15) is 17.0 Å². The van der Waals surface area contributed by atoms with Gasteiger partial charge in [-0.25, -0.2) is 4.98 Å². The van der Waals surface area contributed by atoms with Gasteiger partial charge in [-0.1, -0.05) is 42.0 Å². The van der Waals surface area contributed by atoms with Crippen molar-refractivity contribution in [2.75, 3.05) is 0 Å². The van der Waals surface area contributed by atoms with E-state index in [4.69, 9.17) is 0 Å². The molecule has 110 valence electrons. The molecule has 4 nitrogen and oxygen atoms in total. The SMILES string of the molecule is Cc1cccc(C=CC(=O)NCc2nc3ccccc3[nH]2)c1. The van der Waals surface area contributed by atoms with Crippen LogP contribution in [0.4, 0.5) is 0 Å². The summed E-state index contributed by atoms with van der Waals surface area (Å²) < 4.78 is 0. The molecule has 0 fully saturated rings. The fraction of sp³-hybridized carbons (Fsp3) is 0.111. The lowest BCUT2D eigenvalue weighted by Crippen LogP contribution is -2.20. The van der Waals surface area contributed by atoms with E-state index in [0.29, 0.717) is 6.54 Å². The Morgan fingerprint density at radius 2 is 2.09 bits per heavy atom. The molecule has 1 aromatic heterocycles. The lowest BCUT2D eigenvalue weighted by atomic mass is 10.1. The summed E-state index contributed by atoms with van der Waals surface area (Å²) in [7, 11) is 0. The van der Waals surface area contributed by atoms with Crippen molar-refractivity contribution in [1.29, 1.82) is 0 Å². The number of para-hydroxylation sites is 2. The zero-order valence-corrected chi connectivity index (χ0v) is 12.3. The minimum atomic E-state index is -0.137. The Kier molecular flexibility index (Phi) is 4.01. The Hall–Kier alpha value is -2.88. The summed E-state index contributed by atoms with van der Waals surface area (Å²) in [6.45, 7) is 2.41. The number of nitrogens with one attached hydrogen (secondary N) is 2. The van der Waals surface area contributed by atoms with Gasteiger partial charge < -0.3 is 10.3 Å². The molecule has 0 aliphatic carbocycles. The van der Waals surface area contributed by atoms with Gasteiger partial charge in [-0.05, 0) is 30.7 Å². The van der Waals surface area contributed by atoms with Gasteiger partial charge in [-0.3, -0.25) is 4.79 Å². The van der Waals surface area contributed by atoms with Crippen molar-refractivity contribution in [3.05, 3.63) is 71.6 Å². The summed E-state index contributed by atoms with van der Waals surface area (Å²) in [5, 5.41) is 2.83. The number of aromatic amines is 1. The first kappa shape index (κ1) is 14.1. The molecule has 0 saturated heterocycles. The molecule has 1 amide bonds. The van der Waals surface area contributed by atoms with E-state index in [0.717, 1.165) is 22.4 Å². The molecule has 0 aliphatic heterocycles. The minimum absolute atomic E-state index is 0.137. The molecule has 1 heterocycles. The molecule has 0 unspecified atom stereocenters. The second kappa shape index (κ2) is 6.26. The summed E-state index contributed by atoms with van der Waals surface area (Å²) in [4.78, 5) is 19.5. The third-order valence-corrected chi connectivity index (χ3v) is 3.34. The first-order chi connectivity index (χ1) is 10.7. The number of fused-ring (bicyclic) bond motifs is 1. The first-order valence-corrected chi connectivity index (χ1v) is 7.17. The summed E-state index contributed by atoms with van der Waals surface area (Å²) in [5.74, 6) is 0.612. The fourth-order valence-electron chi connectivity index (χ4n) is 2.26. The molecule has 0 spiro atoms. The maximum absolute atomic E-state index is 11.9. The van der Waals surface area contributed by atoms with Gasteiger partial charge in [0.15, 0.2) is 0 Å². The van der Waals surface area contributed by atoms with Crippen LogP contribution in [-0.4, -0.2) is 15.9 Å². The van der Waals surface area contributed by atoms with E-state index >= 15 is 0 Å². The number of H-pyrrole nitrogens is 1. The molecule has 0 radical (unpaired) electrons. The summed E-state index contributed by atoms with van der Waals surface area (Å²) in [6, 6.07) is 15.8. The van der Waals surface area contributed by atoms with Crippen LogP contribution >= 0.6 is 0 Å². The number of carbonyl (C=O) groups is 1. The Morgan fingerprint density at radius 3 is 2.91 bits per heavy atom. The van der Waals surface area contributed by atoms with Crippen molar-refractivity contribution in [2.45, 2.75) is 13.5 Å². The van der Waals surface area contributed by atoms with E-state index in [2.05, 4.69) is 15.3 Å². The molecular weight excluding hydrogens is 274 g/mol. The highest BCUT2D eigenvalue weighted by Gasteiger charge is 2.02. The van der Waals surface area contributed by atoms with Crippen molar-refractivity contribution in [2.24, 2.45) is 0 Å². The number of hydrogen-bond donors (Lipinski definition) is 2. The molecule has 0 aliphatic rings. The van der Waals surface area contributed by atoms with Crippen LogP contribution in [0.25, 0.3) is 17.1 Å². The maximum Gasteiger partial charge on any atom is 0.244 e. The molecule has 0 atom stereocenters. The van der Waals surface area contributed by atoms with Crippen LogP contribution in [-0.2, 0) is 11.3 Å². The number of aromatic nitrogens is 2. The van der Waals surface area contributed by atoms with Gasteiger partial charge in [0.05, 0.1) is 17.6 Å². The Bertz CT molecular complexity index is 800. The zero-order valence-electron chi connectivity index (χ0n) is 12.3. The van der Waals surface area contributed by atoms with Gasteiger partial charge >= 0.3 is 0 Å². The van der Waals surface area contributed by atoms with Crippen molar-refractivity contribution >= 4 is 23.0 Å². The molecule has 22 heavy (non-hydrogen) atoms. The Balaban J connectivity index is 1.60. The Morgan fingerprint density at radius 1 is 1.23 bits per heavy atom. The lowest BCUT2D eigenvalue weighted by Gasteiger charge is -1.99. The maximum atomic E-state index is 11.9. The fourth-order valence-corrected chi connectivity index (χ4v) is 2.26. The van der Waals surface area contributed by atoms with Gasteiger partial charge in [-0.2, -0.15) is 0 Å². The lowest BCUT2D eigenvalue weighted by molar-refractivity contribution is -0.116. The van der Waals surface area contributed by atoms with Crippen molar-refractivity contribution in [3.63, 3.8) is 0 Å². The molecule has 2 N–H and O–H groups in total. The molecule has 0 saturated carbocycles. The third kappa shape index (κ3) is 3.41. The highest BCUT2D eigenvalue weighted by molar-refractivity contribution is 5.91. The number of nitrogens with zero attached hydrogens (tertiary/aromatic N) is 1. The normalized spacial score (nSPS) is 11.1. The molecule has 0 bridgehead atoms. The minimum Gasteiger partial charge on any atom is -0.345 e. The number of aryl methyl sites for hydroxylation is 1. The predicted molar refractivity (Wildman–Crippen MR) is 88.2 cm³/mol. The molecule has 4 heteroatoms.